The van der Waals surface area contributed by atoms with E-state index in [1.807, 2.05) is 0 Å². The second kappa shape index (κ2) is 7.35. The molecule has 0 aromatic heterocycles. The number of rotatable bonds is 5. The molecule has 1 nitrogen and oxygen atoms in total. The maximum atomic E-state index is 3.57. The van der Waals surface area contributed by atoms with Crippen LogP contribution in [-0.2, 0) is 6.42 Å². The monoisotopic (exact) mass is 277 g/mol. The molecule has 0 aliphatic heterocycles. The van der Waals surface area contributed by atoms with E-state index in [0.717, 1.165) is 11.2 Å². The highest BCUT2D eigenvalue weighted by atomic mass is 32.2. The molecule has 0 fully saturated rings. The van der Waals surface area contributed by atoms with Crippen LogP contribution < -0.4 is 5.32 Å². The molecule has 2 rings (SSSR count). The zero-order valence-corrected chi connectivity index (χ0v) is 13.3. The summed E-state index contributed by atoms with van der Waals surface area (Å²) in [5, 5.41) is 4.30. The van der Waals surface area contributed by atoms with Gasteiger partial charge in [-0.2, -0.15) is 11.8 Å². The minimum Gasteiger partial charge on any atom is -0.312 e. The Labute approximate surface area is 122 Å². The minimum absolute atomic E-state index is 0.524. The second-order valence-electron chi connectivity index (χ2n) is 5.95. The number of nitrogens with one attached hydrogen (secondary N) is 1. The van der Waals surface area contributed by atoms with Crippen LogP contribution in [0.25, 0.3) is 0 Å². The predicted molar refractivity (Wildman–Crippen MR) is 86.9 cm³/mol. The number of aryl methyl sites for hydroxylation is 1. The maximum Gasteiger partial charge on any atom is 0.0440 e. The first-order valence-corrected chi connectivity index (χ1v) is 8.64. The van der Waals surface area contributed by atoms with Gasteiger partial charge in [-0.3, -0.25) is 0 Å². The number of fused-ring (bicyclic) bond motifs is 1. The topological polar surface area (TPSA) is 12.0 Å². The van der Waals surface area contributed by atoms with E-state index in [9.17, 15) is 0 Å². The van der Waals surface area contributed by atoms with Gasteiger partial charge in [0, 0.05) is 11.3 Å². The zero-order chi connectivity index (χ0) is 13.7. The molecule has 0 saturated heterocycles. The highest BCUT2D eigenvalue weighted by Gasteiger charge is 2.26. The van der Waals surface area contributed by atoms with Crippen molar-refractivity contribution in [1.29, 1.82) is 0 Å². The van der Waals surface area contributed by atoms with Crippen molar-refractivity contribution in [3.8, 4) is 0 Å². The van der Waals surface area contributed by atoms with Crippen LogP contribution in [0, 0.1) is 5.92 Å². The summed E-state index contributed by atoms with van der Waals surface area (Å²) in [6, 6.07) is 9.51. The van der Waals surface area contributed by atoms with E-state index in [1.165, 1.54) is 37.0 Å². The standard InChI is InChI=1S/C17H27NS/c1-13(2)11-12-19-16-10-6-8-14-7-4-5-9-15(14)17(16)18-3/h4-5,7,9,13,16-18H,6,8,10-12H2,1-3H3. The molecule has 0 spiro atoms. The van der Waals surface area contributed by atoms with E-state index in [1.54, 1.807) is 5.56 Å². The van der Waals surface area contributed by atoms with Crippen LogP contribution >= 0.6 is 11.8 Å². The van der Waals surface area contributed by atoms with Gasteiger partial charge in [0.25, 0.3) is 0 Å². The van der Waals surface area contributed by atoms with Gasteiger partial charge in [0.2, 0.25) is 0 Å². The third kappa shape index (κ3) is 4.00. The predicted octanol–water partition coefficient (Wildman–Crippen LogP) is 4.43. The first-order valence-electron chi connectivity index (χ1n) is 7.59. The summed E-state index contributed by atoms with van der Waals surface area (Å²) in [7, 11) is 2.11. The van der Waals surface area contributed by atoms with Crippen molar-refractivity contribution in [3.63, 3.8) is 0 Å². The Morgan fingerprint density at radius 1 is 1.32 bits per heavy atom. The van der Waals surface area contributed by atoms with Crippen molar-refractivity contribution in [2.45, 2.75) is 50.8 Å². The Morgan fingerprint density at radius 3 is 2.84 bits per heavy atom. The first-order chi connectivity index (χ1) is 9.22. The highest BCUT2D eigenvalue weighted by molar-refractivity contribution is 7.99. The third-order valence-electron chi connectivity index (χ3n) is 4.03. The number of thioether (sulfide) groups is 1. The maximum absolute atomic E-state index is 3.57. The number of hydrogen-bond donors (Lipinski definition) is 1. The zero-order valence-electron chi connectivity index (χ0n) is 12.5. The fourth-order valence-corrected chi connectivity index (χ4v) is 4.62. The van der Waals surface area contributed by atoms with Gasteiger partial charge in [0.15, 0.2) is 0 Å². The third-order valence-corrected chi connectivity index (χ3v) is 5.44. The van der Waals surface area contributed by atoms with Crippen LogP contribution in [0.5, 0.6) is 0 Å². The quantitative estimate of drug-likeness (QED) is 0.799. The summed E-state index contributed by atoms with van der Waals surface area (Å²) in [6.45, 7) is 4.64. The van der Waals surface area contributed by atoms with Gasteiger partial charge < -0.3 is 5.32 Å². The van der Waals surface area contributed by atoms with Crippen LogP contribution in [0.1, 0.15) is 50.3 Å². The molecule has 0 radical (unpaired) electrons. The van der Waals surface area contributed by atoms with E-state index in [0.29, 0.717) is 6.04 Å². The Morgan fingerprint density at radius 2 is 2.11 bits per heavy atom. The normalized spacial score (nSPS) is 23.2. The van der Waals surface area contributed by atoms with E-state index < -0.39 is 0 Å². The number of benzene rings is 1. The van der Waals surface area contributed by atoms with E-state index in [-0.39, 0.29) is 0 Å². The summed E-state index contributed by atoms with van der Waals surface area (Å²) in [5.41, 5.74) is 3.08. The van der Waals surface area contributed by atoms with Crippen molar-refractivity contribution >= 4 is 11.8 Å². The van der Waals surface area contributed by atoms with Crippen LogP contribution in [0.4, 0.5) is 0 Å². The van der Waals surface area contributed by atoms with Crippen LogP contribution in [0.2, 0.25) is 0 Å². The van der Waals surface area contributed by atoms with Gasteiger partial charge in [0.05, 0.1) is 0 Å². The Kier molecular flexibility index (Phi) is 5.77. The molecule has 106 valence electrons. The van der Waals surface area contributed by atoms with Crippen molar-refractivity contribution in [1.82, 2.24) is 5.32 Å². The molecule has 0 bridgehead atoms. The lowest BCUT2D eigenvalue weighted by atomic mass is 9.99. The molecule has 1 N–H and O–H groups in total. The smallest absolute Gasteiger partial charge is 0.0440 e. The molecule has 1 aromatic rings. The molecule has 0 amide bonds. The van der Waals surface area contributed by atoms with Crippen molar-refractivity contribution in [3.05, 3.63) is 35.4 Å². The molecule has 19 heavy (non-hydrogen) atoms. The molecular weight excluding hydrogens is 250 g/mol. The molecule has 2 unspecified atom stereocenters. The Hall–Kier alpha value is -0.470. The molecule has 1 aromatic carbocycles. The first kappa shape index (κ1) is 14.9. The average Bonchev–Trinajstić information content (AvgIpc) is 2.57. The molecule has 0 heterocycles. The SMILES string of the molecule is CNC1c2ccccc2CCCC1SCCC(C)C. The van der Waals surface area contributed by atoms with Crippen LogP contribution in [0.3, 0.4) is 0 Å². The van der Waals surface area contributed by atoms with E-state index in [4.69, 9.17) is 0 Å². The van der Waals surface area contributed by atoms with Crippen molar-refractivity contribution in [2.24, 2.45) is 5.92 Å². The molecular formula is C17H27NS. The van der Waals surface area contributed by atoms with Crippen LogP contribution in [-0.4, -0.2) is 18.1 Å². The molecule has 1 aliphatic rings. The lowest BCUT2D eigenvalue weighted by Crippen LogP contribution is -2.27. The molecule has 1 aliphatic carbocycles. The van der Waals surface area contributed by atoms with Gasteiger partial charge in [-0.15, -0.1) is 0 Å². The molecule has 2 atom stereocenters. The van der Waals surface area contributed by atoms with E-state index in [2.05, 4.69) is 62.2 Å². The summed E-state index contributed by atoms with van der Waals surface area (Å²) < 4.78 is 0. The molecule has 2 heteroatoms. The fourth-order valence-electron chi connectivity index (χ4n) is 2.90. The summed E-state index contributed by atoms with van der Waals surface area (Å²) in [5.74, 6) is 2.11. The van der Waals surface area contributed by atoms with Gasteiger partial charge >= 0.3 is 0 Å². The van der Waals surface area contributed by atoms with Gasteiger partial charge in [0.1, 0.15) is 0 Å². The second-order valence-corrected chi connectivity index (χ2v) is 7.30. The van der Waals surface area contributed by atoms with Crippen molar-refractivity contribution in [2.75, 3.05) is 12.8 Å². The fraction of sp³-hybridized carbons (Fsp3) is 0.647. The summed E-state index contributed by atoms with van der Waals surface area (Å²) in [4.78, 5) is 0. The lowest BCUT2D eigenvalue weighted by Gasteiger charge is -2.26. The van der Waals surface area contributed by atoms with E-state index >= 15 is 0 Å². The van der Waals surface area contributed by atoms with Gasteiger partial charge in [-0.05, 0) is 55.5 Å². The lowest BCUT2D eigenvalue weighted by molar-refractivity contribution is 0.546. The average molecular weight is 277 g/mol. The highest BCUT2D eigenvalue weighted by Crippen LogP contribution is 2.36. The van der Waals surface area contributed by atoms with Crippen molar-refractivity contribution < 1.29 is 0 Å². The van der Waals surface area contributed by atoms with Gasteiger partial charge in [-0.1, -0.05) is 38.1 Å². The van der Waals surface area contributed by atoms with Gasteiger partial charge in [-0.25, -0.2) is 0 Å². The Balaban J connectivity index is 2.07. The minimum atomic E-state index is 0.524. The van der Waals surface area contributed by atoms with Crippen LogP contribution in [0.15, 0.2) is 24.3 Å². The number of hydrogen-bond acceptors (Lipinski definition) is 2. The Bertz CT molecular complexity index is 389. The summed E-state index contributed by atoms with van der Waals surface area (Å²) in [6.07, 6.45) is 5.24. The summed E-state index contributed by atoms with van der Waals surface area (Å²) >= 11 is 2.17. The largest absolute Gasteiger partial charge is 0.312 e. The molecule has 0 saturated carbocycles.